The number of halogens is 4. The van der Waals surface area contributed by atoms with Crippen LogP contribution in [0.15, 0.2) is 17.5 Å². The minimum atomic E-state index is -4.88. The highest BCUT2D eigenvalue weighted by molar-refractivity contribution is 7.07. The number of hydrogen-bond donors (Lipinski definition) is 0. The summed E-state index contributed by atoms with van der Waals surface area (Å²) in [7, 11) is 0. The molecule has 0 N–H and O–H groups in total. The first-order valence-electron chi connectivity index (χ1n) is 2.96. The highest BCUT2D eigenvalue weighted by Crippen LogP contribution is 2.14. The Bertz CT molecular complexity index is 283. The number of rotatable bonds is 2. The molecule has 0 saturated carbocycles. The summed E-state index contributed by atoms with van der Waals surface area (Å²) in [5.74, 6) is -2.10. The van der Waals surface area contributed by atoms with Crippen LogP contribution in [0.1, 0.15) is 0 Å². The molecule has 0 spiro atoms. The van der Waals surface area contributed by atoms with Crippen LogP contribution in [-0.4, -0.2) is 12.1 Å². The average molecular weight is 323 g/mol. The van der Waals surface area contributed by atoms with Crippen molar-refractivity contribution in [3.8, 4) is 0 Å². The molecule has 7 heteroatoms. The van der Waals surface area contributed by atoms with Crippen LogP contribution in [0.5, 0.6) is 0 Å². The number of hydrogen-bond acceptors (Lipinski definition) is 3. The molecule has 2 nitrogen and oxygen atoms in total. The Morgan fingerprint density at radius 2 is 2.23 bits per heavy atom. The molecule has 0 atom stereocenters. The smallest absolute Gasteiger partial charge is 0.236 e. The molecular formula is C6H3F3IO2S+. The molecule has 1 aromatic heterocycles. The van der Waals surface area contributed by atoms with Gasteiger partial charge >= 0.3 is 33.8 Å². The zero-order valence-corrected chi connectivity index (χ0v) is 8.94. The fraction of sp³-hybridized carbons (Fsp3) is 0.167. The zero-order chi connectivity index (χ0) is 9.90. The second-order valence-corrected chi connectivity index (χ2v) is 5.58. The maximum Gasteiger partial charge on any atom is 0.596 e. The van der Waals surface area contributed by atoms with E-state index in [4.69, 9.17) is 0 Å². The van der Waals surface area contributed by atoms with Crippen LogP contribution in [0.3, 0.4) is 0 Å². The highest BCUT2D eigenvalue weighted by atomic mass is 127. The van der Waals surface area contributed by atoms with Gasteiger partial charge in [-0.1, -0.05) is 11.3 Å². The standard InChI is InChI=1S/C6H3F3IO2S/c7-6(8,9)5(11)12-10-4-2-1-3-13-4/h1-3H/q+1. The van der Waals surface area contributed by atoms with Crippen LogP contribution in [0.25, 0.3) is 0 Å². The van der Waals surface area contributed by atoms with E-state index in [1.54, 1.807) is 17.5 Å². The molecule has 0 unspecified atom stereocenters. The Balaban J connectivity index is 2.40. The number of thiophene rings is 1. The minimum absolute atomic E-state index is 0.691. The quantitative estimate of drug-likeness (QED) is 0.655. The normalized spacial score (nSPS) is 11.3. The van der Waals surface area contributed by atoms with E-state index in [1.165, 1.54) is 11.3 Å². The van der Waals surface area contributed by atoms with Gasteiger partial charge in [0.2, 0.25) is 0 Å². The topological polar surface area (TPSA) is 26.3 Å². The molecule has 0 bridgehead atoms. The molecule has 0 fully saturated rings. The van der Waals surface area contributed by atoms with Gasteiger partial charge in [0.25, 0.3) is 2.88 Å². The summed E-state index contributed by atoms with van der Waals surface area (Å²) in [6.07, 6.45) is -4.88. The lowest BCUT2D eigenvalue weighted by Crippen LogP contribution is -3.61. The Morgan fingerprint density at radius 3 is 2.69 bits per heavy atom. The van der Waals surface area contributed by atoms with Gasteiger partial charge in [-0.2, -0.15) is 16.2 Å². The predicted octanol–water partition coefficient (Wildman–Crippen LogP) is -0.973. The lowest BCUT2D eigenvalue weighted by Gasteiger charge is -1.95. The molecule has 72 valence electrons. The van der Waals surface area contributed by atoms with Gasteiger partial charge in [0.15, 0.2) is 0 Å². The summed E-state index contributed by atoms with van der Waals surface area (Å²) in [6, 6.07) is 3.34. The fourth-order valence-electron chi connectivity index (χ4n) is 0.419. The van der Waals surface area contributed by atoms with Crippen molar-refractivity contribution in [2.45, 2.75) is 6.18 Å². The number of carbonyl (C=O) groups excluding carboxylic acids is 1. The van der Waals surface area contributed by atoms with Gasteiger partial charge in [-0.05, 0) is 11.4 Å². The summed E-state index contributed by atoms with van der Waals surface area (Å²) in [5.41, 5.74) is 0. The lowest BCUT2D eigenvalue weighted by molar-refractivity contribution is -0.849. The Labute approximate surface area is 86.5 Å². The molecule has 0 aromatic carbocycles. The van der Waals surface area contributed by atoms with Crippen LogP contribution in [0.4, 0.5) is 13.2 Å². The van der Waals surface area contributed by atoms with E-state index in [0.717, 1.165) is 0 Å². The van der Waals surface area contributed by atoms with Gasteiger partial charge in [-0.15, -0.1) is 0 Å². The fourth-order valence-corrected chi connectivity index (χ4v) is 2.88. The van der Waals surface area contributed by atoms with Crippen molar-refractivity contribution in [2.24, 2.45) is 0 Å². The van der Waals surface area contributed by atoms with E-state index in [9.17, 15) is 18.0 Å². The number of alkyl halides is 3. The van der Waals surface area contributed by atoms with Crippen LogP contribution in [0.2, 0.25) is 0 Å². The zero-order valence-electron chi connectivity index (χ0n) is 5.97. The summed E-state index contributed by atoms with van der Waals surface area (Å²) in [6.45, 7) is 0. The van der Waals surface area contributed by atoms with Crippen molar-refractivity contribution >= 4 is 17.3 Å². The first kappa shape index (κ1) is 10.8. The first-order chi connectivity index (χ1) is 6.00. The van der Waals surface area contributed by atoms with Gasteiger partial charge in [0.1, 0.15) is 0 Å². The third-order valence-corrected chi connectivity index (χ3v) is 4.16. The van der Waals surface area contributed by atoms with Gasteiger partial charge in [0, 0.05) is 6.07 Å². The second kappa shape index (κ2) is 4.27. The average Bonchev–Trinajstić information content (AvgIpc) is 2.50. The largest absolute Gasteiger partial charge is 0.596 e. The van der Waals surface area contributed by atoms with Crippen molar-refractivity contribution in [3.05, 3.63) is 20.4 Å². The van der Waals surface area contributed by atoms with Gasteiger partial charge in [-0.3, -0.25) is 0 Å². The summed E-state index contributed by atoms with van der Waals surface area (Å²) < 4.78 is 39.7. The van der Waals surface area contributed by atoms with Crippen LogP contribution >= 0.6 is 11.3 Å². The van der Waals surface area contributed by atoms with E-state index >= 15 is 0 Å². The molecular weight excluding hydrogens is 320 g/mol. The predicted molar refractivity (Wildman–Crippen MR) is 35.2 cm³/mol. The monoisotopic (exact) mass is 323 g/mol. The van der Waals surface area contributed by atoms with Crippen molar-refractivity contribution in [1.82, 2.24) is 0 Å². The highest BCUT2D eigenvalue weighted by Gasteiger charge is 2.45. The molecule has 0 saturated heterocycles. The third kappa shape index (κ3) is 3.51. The maximum atomic E-state index is 11.6. The molecule has 13 heavy (non-hydrogen) atoms. The SMILES string of the molecule is O=C(O[I+]c1cccs1)C(F)(F)F. The van der Waals surface area contributed by atoms with Gasteiger partial charge in [0.05, 0.1) is 0 Å². The first-order valence-corrected chi connectivity index (χ1v) is 5.80. The van der Waals surface area contributed by atoms with Gasteiger partial charge in [-0.25, -0.2) is 4.79 Å². The molecule has 0 aliphatic heterocycles. The molecule has 0 aliphatic rings. The summed E-state index contributed by atoms with van der Waals surface area (Å²) in [4.78, 5) is 10.2. The van der Waals surface area contributed by atoms with Crippen molar-refractivity contribution < 1.29 is 42.7 Å². The van der Waals surface area contributed by atoms with E-state index in [-0.39, 0.29) is 0 Å². The van der Waals surface area contributed by atoms with Crippen molar-refractivity contribution in [3.63, 3.8) is 0 Å². The van der Waals surface area contributed by atoms with E-state index < -0.39 is 33.8 Å². The third-order valence-electron chi connectivity index (χ3n) is 0.903. The molecule has 1 rings (SSSR count). The molecule has 1 heterocycles. The molecule has 1 aromatic rings. The number of carbonyl (C=O) groups is 1. The van der Waals surface area contributed by atoms with Crippen LogP contribution < -0.4 is 21.6 Å². The molecule has 0 radical (unpaired) electrons. The second-order valence-electron chi connectivity index (χ2n) is 1.86. The Kier molecular flexibility index (Phi) is 3.54. The summed E-state index contributed by atoms with van der Waals surface area (Å²) >= 11 is -0.0130. The van der Waals surface area contributed by atoms with E-state index in [2.05, 4.69) is 3.07 Å². The van der Waals surface area contributed by atoms with E-state index in [1.807, 2.05) is 0 Å². The lowest BCUT2D eigenvalue weighted by atomic mass is 10.7. The van der Waals surface area contributed by atoms with E-state index in [0.29, 0.717) is 2.88 Å². The summed E-state index contributed by atoms with van der Waals surface area (Å²) in [5, 5.41) is 1.72. The Hall–Kier alpha value is -0.310. The van der Waals surface area contributed by atoms with Crippen LogP contribution in [0, 0.1) is 2.88 Å². The maximum absolute atomic E-state index is 11.6. The van der Waals surface area contributed by atoms with Crippen LogP contribution in [-0.2, 0) is 7.86 Å². The van der Waals surface area contributed by atoms with Crippen molar-refractivity contribution in [2.75, 3.05) is 0 Å². The minimum Gasteiger partial charge on any atom is -0.236 e. The van der Waals surface area contributed by atoms with Crippen molar-refractivity contribution in [1.29, 1.82) is 0 Å². The molecule has 0 aliphatic carbocycles. The molecule has 0 amide bonds. The van der Waals surface area contributed by atoms with Gasteiger partial charge < -0.3 is 0 Å². The Morgan fingerprint density at radius 1 is 1.54 bits per heavy atom.